The lowest BCUT2D eigenvalue weighted by molar-refractivity contribution is -0.132. The molecule has 31 heavy (non-hydrogen) atoms. The number of amides is 2. The summed E-state index contributed by atoms with van der Waals surface area (Å²) in [5.41, 5.74) is 7.41. The Bertz CT molecular complexity index is 1090. The molecule has 162 valence electrons. The Morgan fingerprint density at radius 3 is 2.74 bits per heavy atom. The molecular formula is C20H21FN6O3S. The smallest absolute Gasteiger partial charge is 0.279 e. The standard InChI is InChI=1S/C20H21FN6O3S/c1-12-8-9-13(2)16(10-12)27-20(24-25-26-27)31-11-18(28)22-23-19(29)14(3)30-17-7-5-4-6-15(17)21/h4-10,14H,11H2,1-3H3,(H,22,28)(H,23,29)/t14-/m0/s1. The summed E-state index contributed by atoms with van der Waals surface area (Å²) in [5, 5.41) is 12.1. The van der Waals surface area contributed by atoms with Crippen molar-refractivity contribution in [3.8, 4) is 11.4 Å². The van der Waals surface area contributed by atoms with Crippen molar-refractivity contribution in [1.82, 2.24) is 31.1 Å². The van der Waals surface area contributed by atoms with E-state index < -0.39 is 23.7 Å². The predicted octanol–water partition coefficient (Wildman–Crippen LogP) is 2.13. The molecule has 9 nitrogen and oxygen atoms in total. The lowest BCUT2D eigenvalue weighted by Crippen LogP contribution is -2.47. The molecule has 0 radical (unpaired) electrons. The van der Waals surface area contributed by atoms with Gasteiger partial charge in [0.25, 0.3) is 5.91 Å². The molecule has 1 aromatic heterocycles. The van der Waals surface area contributed by atoms with Crippen LogP contribution in [-0.2, 0) is 9.59 Å². The number of carbonyl (C=O) groups is 2. The number of tetrazole rings is 1. The van der Waals surface area contributed by atoms with Gasteiger partial charge < -0.3 is 4.74 Å². The summed E-state index contributed by atoms with van der Waals surface area (Å²) in [6, 6.07) is 11.7. The number of hydrogen-bond donors (Lipinski definition) is 2. The zero-order valence-corrected chi connectivity index (χ0v) is 17.9. The van der Waals surface area contributed by atoms with E-state index in [2.05, 4.69) is 26.4 Å². The molecule has 0 bridgehead atoms. The molecule has 0 aliphatic heterocycles. The number of para-hydroxylation sites is 1. The topological polar surface area (TPSA) is 111 Å². The largest absolute Gasteiger partial charge is 0.478 e. The molecule has 0 aliphatic rings. The fourth-order valence-electron chi connectivity index (χ4n) is 2.55. The van der Waals surface area contributed by atoms with Crippen molar-refractivity contribution in [2.24, 2.45) is 0 Å². The van der Waals surface area contributed by atoms with Gasteiger partial charge in [0.1, 0.15) is 0 Å². The van der Waals surface area contributed by atoms with Crippen LogP contribution in [0.3, 0.4) is 0 Å². The first-order chi connectivity index (χ1) is 14.8. The van der Waals surface area contributed by atoms with E-state index in [1.807, 2.05) is 32.0 Å². The molecule has 2 aromatic carbocycles. The first-order valence-electron chi connectivity index (χ1n) is 9.34. The molecule has 0 aliphatic carbocycles. The van der Waals surface area contributed by atoms with Gasteiger partial charge in [-0.05, 0) is 60.5 Å². The lowest BCUT2D eigenvalue weighted by atomic mass is 10.1. The number of rotatable bonds is 7. The van der Waals surface area contributed by atoms with E-state index in [1.165, 1.54) is 25.1 Å². The number of ether oxygens (including phenoxy) is 1. The fourth-order valence-corrected chi connectivity index (χ4v) is 3.23. The Morgan fingerprint density at radius 1 is 1.19 bits per heavy atom. The Balaban J connectivity index is 1.51. The summed E-state index contributed by atoms with van der Waals surface area (Å²) in [6.07, 6.45) is -1.01. The van der Waals surface area contributed by atoms with Crippen molar-refractivity contribution in [3.63, 3.8) is 0 Å². The molecule has 3 aromatic rings. The second-order valence-electron chi connectivity index (χ2n) is 6.68. The molecule has 1 atom stereocenters. The van der Waals surface area contributed by atoms with Gasteiger partial charge in [-0.25, -0.2) is 4.39 Å². The van der Waals surface area contributed by atoms with E-state index in [1.54, 1.807) is 10.7 Å². The second kappa shape index (κ2) is 10.0. The maximum Gasteiger partial charge on any atom is 0.279 e. The summed E-state index contributed by atoms with van der Waals surface area (Å²) in [5.74, 6) is -1.75. The van der Waals surface area contributed by atoms with Gasteiger partial charge in [0, 0.05) is 0 Å². The van der Waals surface area contributed by atoms with Gasteiger partial charge >= 0.3 is 0 Å². The van der Waals surface area contributed by atoms with Crippen LogP contribution in [-0.4, -0.2) is 43.9 Å². The quantitative estimate of drug-likeness (QED) is 0.424. The normalized spacial score (nSPS) is 11.6. The number of halogens is 1. The predicted molar refractivity (Wildman–Crippen MR) is 112 cm³/mol. The highest BCUT2D eigenvalue weighted by Crippen LogP contribution is 2.21. The van der Waals surface area contributed by atoms with Crippen LogP contribution in [0.15, 0.2) is 47.6 Å². The minimum Gasteiger partial charge on any atom is -0.478 e. The number of hydrogen-bond acceptors (Lipinski definition) is 7. The van der Waals surface area contributed by atoms with Crippen LogP contribution in [0.25, 0.3) is 5.69 Å². The van der Waals surface area contributed by atoms with Gasteiger partial charge in [0.05, 0.1) is 11.4 Å². The lowest BCUT2D eigenvalue weighted by Gasteiger charge is -2.15. The minimum atomic E-state index is -1.01. The van der Waals surface area contributed by atoms with Crippen LogP contribution >= 0.6 is 11.8 Å². The Hall–Kier alpha value is -3.47. The number of hydrazine groups is 1. The maximum absolute atomic E-state index is 13.6. The van der Waals surface area contributed by atoms with Gasteiger partial charge in [0.15, 0.2) is 17.7 Å². The zero-order chi connectivity index (χ0) is 22.4. The Kier molecular flexibility index (Phi) is 7.19. The summed E-state index contributed by atoms with van der Waals surface area (Å²) < 4.78 is 20.4. The summed E-state index contributed by atoms with van der Waals surface area (Å²) in [7, 11) is 0. The van der Waals surface area contributed by atoms with Crippen LogP contribution in [0.4, 0.5) is 4.39 Å². The highest BCUT2D eigenvalue weighted by atomic mass is 32.2. The van der Waals surface area contributed by atoms with Crippen molar-refractivity contribution in [2.45, 2.75) is 32.0 Å². The number of thioether (sulfide) groups is 1. The molecule has 2 amide bonds. The van der Waals surface area contributed by atoms with Gasteiger partial charge in [-0.1, -0.05) is 36.0 Å². The maximum atomic E-state index is 13.6. The van der Waals surface area contributed by atoms with Crippen molar-refractivity contribution >= 4 is 23.6 Å². The Labute approximate surface area is 182 Å². The van der Waals surface area contributed by atoms with E-state index in [4.69, 9.17) is 4.74 Å². The molecule has 11 heteroatoms. The number of nitrogens with one attached hydrogen (secondary N) is 2. The number of aromatic nitrogens is 4. The molecule has 0 fully saturated rings. The van der Waals surface area contributed by atoms with E-state index >= 15 is 0 Å². The van der Waals surface area contributed by atoms with Crippen LogP contribution in [0.1, 0.15) is 18.1 Å². The Morgan fingerprint density at radius 2 is 1.97 bits per heavy atom. The van der Waals surface area contributed by atoms with E-state index in [0.29, 0.717) is 5.16 Å². The molecule has 3 rings (SSSR count). The highest BCUT2D eigenvalue weighted by molar-refractivity contribution is 7.99. The molecule has 0 saturated heterocycles. The third kappa shape index (κ3) is 5.79. The molecule has 0 spiro atoms. The van der Waals surface area contributed by atoms with Crippen molar-refractivity contribution in [2.75, 3.05) is 5.75 Å². The second-order valence-corrected chi connectivity index (χ2v) is 7.62. The van der Waals surface area contributed by atoms with E-state index in [9.17, 15) is 14.0 Å². The monoisotopic (exact) mass is 444 g/mol. The molecule has 0 saturated carbocycles. The summed E-state index contributed by atoms with van der Waals surface area (Å²) in [4.78, 5) is 24.2. The van der Waals surface area contributed by atoms with Crippen LogP contribution in [0.2, 0.25) is 0 Å². The zero-order valence-electron chi connectivity index (χ0n) is 17.1. The van der Waals surface area contributed by atoms with Gasteiger partial charge in [-0.3, -0.25) is 20.4 Å². The van der Waals surface area contributed by atoms with E-state index in [0.717, 1.165) is 28.6 Å². The first kappa shape index (κ1) is 22.2. The number of carbonyl (C=O) groups excluding carboxylic acids is 2. The van der Waals surface area contributed by atoms with E-state index in [-0.39, 0.29) is 11.5 Å². The summed E-state index contributed by atoms with van der Waals surface area (Å²) in [6.45, 7) is 5.35. The highest BCUT2D eigenvalue weighted by Gasteiger charge is 2.18. The van der Waals surface area contributed by atoms with Crippen LogP contribution in [0.5, 0.6) is 5.75 Å². The average Bonchev–Trinajstić information content (AvgIpc) is 3.22. The fraction of sp³-hybridized carbons (Fsp3) is 0.250. The van der Waals surface area contributed by atoms with Gasteiger partial charge in [-0.2, -0.15) is 4.68 Å². The number of aryl methyl sites for hydroxylation is 2. The molecule has 0 unspecified atom stereocenters. The van der Waals surface area contributed by atoms with Gasteiger partial charge in [-0.15, -0.1) is 5.10 Å². The molecule has 1 heterocycles. The minimum absolute atomic E-state index is 0.0337. The SMILES string of the molecule is Cc1ccc(C)c(-n2nnnc2SCC(=O)NNC(=O)[C@H](C)Oc2ccccc2F)c1. The first-order valence-corrected chi connectivity index (χ1v) is 10.3. The van der Waals surface area contributed by atoms with Crippen molar-refractivity contribution in [3.05, 3.63) is 59.4 Å². The van der Waals surface area contributed by atoms with Crippen LogP contribution in [0, 0.1) is 19.7 Å². The third-order valence-electron chi connectivity index (χ3n) is 4.20. The molecule has 2 N–H and O–H groups in total. The van der Waals surface area contributed by atoms with Gasteiger partial charge in [0.2, 0.25) is 11.1 Å². The average molecular weight is 444 g/mol. The van der Waals surface area contributed by atoms with Crippen molar-refractivity contribution in [1.29, 1.82) is 0 Å². The van der Waals surface area contributed by atoms with Crippen molar-refractivity contribution < 1.29 is 18.7 Å². The third-order valence-corrected chi connectivity index (χ3v) is 5.12. The molecular weight excluding hydrogens is 423 g/mol. The number of benzene rings is 2. The summed E-state index contributed by atoms with van der Waals surface area (Å²) >= 11 is 1.12. The van der Waals surface area contributed by atoms with Crippen LogP contribution < -0.4 is 15.6 Å². The number of nitrogens with zero attached hydrogens (tertiary/aromatic N) is 4.